The molecule has 7 heteroatoms. The van der Waals surface area contributed by atoms with Gasteiger partial charge in [0.25, 0.3) is 0 Å². The molecule has 98 valence electrons. The van der Waals surface area contributed by atoms with Crippen LogP contribution in [0.25, 0.3) is 0 Å². The lowest BCUT2D eigenvalue weighted by Crippen LogP contribution is -2.20. The first-order valence-corrected chi connectivity index (χ1v) is 5.96. The molecule has 1 atom stereocenters. The van der Waals surface area contributed by atoms with E-state index in [-0.39, 0.29) is 0 Å². The lowest BCUT2D eigenvalue weighted by atomic mass is 10.1. The van der Waals surface area contributed by atoms with Gasteiger partial charge in [0.2, 0.25) is 0 Å². The van der Waals surface area contributed by atoms with E-state index in [2.05, 4.69) is 10.2 Å². The molecule has 0 saturated carbocycles. The van der Waals surface area contributed by atoms with Crippen LogP contribution in [-0.4, -0.2) is 33.3 Å². The van der Waals surface area contributed by atoms with E-state index in [9.17, 15) is 0 Å². The molecular weight excluding hydrogens is 254 g/mol. The van der Waals surface area contributed by atoms with Crippen molar-refractivity contribution >= 4 is 11.6 Å². The summed E-state index contributed by atoms with van der Waals surface area (Å²) in [6, 6.07) is 1.48. The molecule has 1 unspecified atom stereocenters. The Morgan fingerprint density at radius 3 is 2.94 bits per heavy atom. The number of rotatable bonds is 5. The van der Waals surface area contributed by atoms with Gasteiger partial charge in [-0.15, -0.1) is 0 Å². The van der Waals surface area contributed by atoms with Gasteiger partial charge in [-0.05, 0) is 6.07 Å². The number of ether oxygens (including phenoxy) is 1. The van der Waals surface area contributed by atoms with E-state index in [0.717, 1.165) is 11.4 Å². The Morgan fingerprint density at radius 2 is 2.33 bits per heavy atom. The number of hydrogen-bond acceptors (Lipinski definition) is 4. The average molecular weight is 270 g/mol. The Balaban J connectivity index is 2.28. The van der Waals surface area contributed by atoms with Crippen LogP contribution in [0.2, 0.25) is 5.02 Å². The Kier molecular flexibility index (Phi) is 4.00. The zero-order chi connectivity index (χ0) is 13.1. The molecule has 0 aromatic carbocycles. The summed E-state index contributed by atoms with van der Waals surface area (Å²) >= 11 is 6.14. The van der Waals surface area contributed by atoms with E-state index in [1.165, 1.54) is 0 Å². The summed E-state index contributed by atoms with van der Waals surface area (Å²) < 4.78 is 8.50. The SMILES string of the molecule is COCCn1ncc(Cl)c1C(N)c1ccn(C)n1. The van der Waals surface area contributed by atoms with Crippen LogP contribution < -0.4 is 5.73 Å². The predicted molar refractivity (Wildman–Crippen MR) is 68.4 cm³/mol. The number of aryl methyl sites for hydroxylation is 1. The first kappa shape index (κ1) is 13.1. The third kappa shape index (κ3) is 2.55. The van der Waals surface area contributed by atoms with E-state index in [1.807, 2.05) is 19.3 Å². The van der Waals surface area contributed by atoms with Crippen LogP contribution in [0, 0.1) is 0 Å². The van der Waals surface area contributed by atoms with Crippen molar-refractivity contribution in [3.05, 3.63) is 34.9 Å². The normalized spacial score (nSPS) is 12.9. The standard InChI is InChI=1S/C11H16ClN5O/c1-16-4-3-9(15-16)10(13)11-8(12)7-14-17(11)5-6-18-2/h3-4,7,10H,5-6,13H2,1-2H3. The van der Waals surface area contributed by atoms with Crippen LogP contribution in [0.15, 0.2) is 18.5 Å². The highest BCUT2D eigenvalue weighted by molar-refractivity contribution is 6.31. The third-order valence-corrected chi connectivity index (χ3v) is 2.98. The fraction of sp³-hybridized carbons (Fsp3) is 0.455. The summed E-state index contributed by atoms with van der Waals surface area (Å²) in [7, 11) is 3.49. The summed E-state index contributed by atoms with van der Waals surface area (Å²) in [5.74, 6) is 0. The predicted octanol–water partition coefficient (Wildman–Crippen LogP) is 0.965. The number of aromatic nitrogens is 4. The number of nitrogens with zero attached hydrogens (tertiary/aromatic N) is 4. The van der Waals surface area contributed by atoms with Crippen molar-refractivity contribution < 1.29 is 4.74 Å². The minimum absolute atomic E-state index is 0.391. The second-order valence-corrected chi connectivity index (χ2v) is 4.39. The van der Waals surface area contributed by atoms with Gasteiger partial charge in [0.15, 0.2) is 0 Å². The number of hydrogen-bond donors (Lipinski definition) is 1. The first-order valence-electron chi connectivity index (χ1n) is 5.58. The van der Waals surface area contributed by atoms with E-state index in [4.69, 9.17) is 22.1 Å². The van der Waals surface area contributed by atoms with Gasteiger partial charge in [-0.3, -0.25) is 9.36 Å². The molecule has 0 saturated heterocycles. The molecule has 6 nitrogen and oxygen atoms in total. The van der Waals surface area contributed by atoms with Crippen molar-refractivity contribution in [1.29, 1.82) is 0 Å². The summed E-state index contributed by atoms with van der Waals surface area (Å²) in [6.07, 6.45) is 3.44. The lowest BCUT2D eigenvalue weighted by Gasteiger charge is -2.13. The third-order valence-electron chi connectivity index (χ3n) is 2.69. The van der Waals surface area contributed by atoms with Crippen LogP contribution in [0.3, 0.4) is 0 Å². The maximum absolute atomic E-state index is 6.19. The number of nitrogens with two attached hydrogens (primary N) is 1. The van der Waals surface area contributed by atoms with Gasteiger partial charge < -0.3 is 10.5 Å². The number of methoxy groups -OCH3 is 1. The van der Waals surface area contributed by atoms with Crippen LogP contribution in [-0.2, 0) is 18.3 Å². The van der Waals surface area contributed by atoms with Crippen molar-refractivity contribution in [1.82, 2.24) is 19.6 Å². The minimum Gasteiger partial charge on any atom is -0.383 e. The fourth-order valence-electron chi connectivity index (χ4n) is 1.78. The molecule has 2 N–H and O–H groups in total. The lowest BCUT2D eigenvalue weighted by molar-refractivity contribution is 0.182. The Labute approximate surface area is 110 Å². The molecule has 0 amide bonds. The molecule has 18 heavy (non-hydrogen) atoms. The van der Waals surface area contributed by atoms with Crippen molar-refractivity contribution in [3.8, 4) is 0 Å². The molecule has 2 aromatic rings. The van der Waals surface area contributed by atoms with Crippen LogP contribution in [0.4, 0.5) is 0 Å². The quantitative estimate of drug-likeness (QED) is 0.878. The molecule has 0 aliphatic carbocycles. The van der Waals surface area contributed by atoms with Crippen molar-refractivity contribution in [2.24, 2.45) is 12.8 Å². The van der Waals surface area contributed by atoms with Crippen LogP contribution in [0.1, 0.15) is 17.4 Å². The number of halogens is 1. The molecule has 0 fully saturated rings. The second kappa shape index (κ2) is 5.51. The maximum Gasteiger partial charge on any atom is 0.0930 e. The molecular formula is C11H16ClN5O. The van der Waals surface area contributed by atoms with Gasteiger partial charge in [0, 0.05) is 20.4 Å². The van der Waals surface area contributed by atoms with Crippen LogP contribution >= 0.6 is 11.6 Å². The minimum atomic E-state index is -0.391. The molecule has 0 radical (unpaired) electrons. The van der Waals surface area contributed by atoms with E-state index in [1.54, 1.807) is 22.7 Å². The van der Waals surface area contributed by atoms with Gasteiger partial charge in [0.1, 0.15) is 0 Å². The van der Waals surface area contributed by atoms with Gasteiger partial charge in [-0.2, -0.15) is 10.2 Å². The Hall–Kier alpha value is -1.37. The smallest absolute Gasteiger partial charge is 0.0930 e. The zero-order valence-corrected chi connectivity index (χ0v) is 11.1. The molecule has 0 aliphatic heterocycles. The van der Waals surface area contributed by atoms with Crippen LogP contribution in [0.5, 0.6) is 0 Å². The monoisotopic (exact) mass is 269 g/mol. The van der Waals surface area contributed by atoms with Gasteiger partial charge in [-0.1, -0.05) is 11.6 Å². The van der Waals surface area contributed by atoms with Gasteiger partial charge in [-0.25, -0.2) is 0 Å². The summed E-state index contributed by atoms with van der Waals surface area (Å²) in [5, 5.41) is 9.03. The highest BCUT2D eigenvalue weighted by Gasteiger charge is 2.20. The van der Waals surface area contributed by atoms with Gasteiger partial charge >= 0.3 is 0 Å². The molecule has 0 aliphatic rings. The van der Waals surface area contributed by atoms with Gasteiger partial charge in [0.05, 0.1) is 41.8 Å². The first-order chi connectivity index (χ1) is 8.63. The topological polar surface area (TPSA) is 70.9 Å². The molecule has 0 spiro atoms. The molecule has 2 heterocycles. The average Bonchev–Trinajstić information content (AvgIpc) is 2.92. The van der Waals surface area contributed by atoms with Crippen molar-refractivity contribution in [2.45, 2.75) is 12.6 Å². The zero-order valence-electron chi connectivity index (χ0n) is 10.4. The van der Waals surface area contributed by atoms with Crippen molar-refractivity contribution in [3.63, 3.8) is 0 Å². The fourth-order valence-corrected chi connectivity index (χ4v) is 2.03. The second-order valence-electron chi connectivity index (χ2n) is 3.99. The van der Waals surface area contributed by atoms with E-state index >= 15 is 0 Å². The van der Waals surface area contributed by atoms with E-state index < -0.39 is 6.04 Å². The molecule has 0 bridgehead atoms. The largest absolute Gasteiger partial charge is 0.383 e. The highest BCUT2D eigenvalue weighted by atomic mass is 35.5. The Bertz CT molecular complexity index is 521. The highest BCUT2D eigenvalue weighted by Crippen LogP contribution is 2.25. The Morgan fingerprint density at radius 1 is 1.56 bits per heavy atom. The molecule has 2 rings (SSSR count). The summed E-state index contributed by atoms with van der Waals surface area (Å²) in [6.45, 7) is 1.17. The summed E-state index contributed by atoms with van der Waals surface area (Å²) in [4.78, 5) is 0. The molecule has 2 aromatic heterocycles. The summed E-state index contributed by atoms with van der Waals surface area (Å²) in [5.41, 5.74) is 7.70. The van der Waals surface area contributed by atoms with Crippen molar-refractivity contribution in [2.75, 3.05) is 13.7 Å². The maximum atomic E-state index is 6.19. The van der Waals surface area contributed by atoms with E-state index in [0.29, 0.717) is 18.2 Å².